The molecule has 132 valence electrons. The Morgan fingerprint density at radius 2 is 1.84 bits per heavy atom. The molecule has 1 amide bonds. The summed E-state index contributed by atoms with van der Waals surface area (Å²) in [5, 5.41) is 10.7. The fourth-order valence-corrected chi connectivity index (χ4v) is 5.13. The lowest BCUT2D eigenvalue weighted by Crippen LogP contribution is -2.38. The fraction of sp³-hybridized carbons (Fsp3) is 0.474. The Morgan fingerprint density at radius 3 is 2.52 bits per heavy atom. The number of hydrogen-bond acceptors (Lipinski definition) is 5. The third-order valence-corrected chi connectivity index (χ3v) is 6.79. The van der Waals surface area contributed by atoms with E-state index in [9.17, 15) is 4.79 Å². The van der Waals surface area contributed by atoms with Crippen LogP contribution in [-0.4, -0.2) is 41.2 Å². The quantitative estimate of drug-likeness (QED) is 0.798. The Bertz CT molecular complexity index is 716. The second kappa shape index (κ2) is 7.81. The highest BCUT2D eigenvalue weighted by molar-refractivity contribution is 7.12. The number of carbonyl (C=O) groups excluding carboxylic acids is 1. The molecule has 1 unspecified atom stereocenters. The molecule has 0 spiro atoms. The second-order valence-electron chi connectivity index (χ2n) is 6.69. The molecule has 2 aromatic rings. The predicted molar refractivity (Wildman–Crippen MR) is 104 cm³/mol. The zero-order valence-corrected chi connectivity index (χ0v) is 15.9. The van der Waals surface area contributed by atoms with Crippen molar-refractivity contribution in [2.75, 3.05) is 19.6 Å². The topological polar surface area (TPSA) is 35.9 Å². The summed E-state index contributed by atoms with van der Waals surface area (Å²) in [6.07, 6.45) is 5.78. The zero-order valence-electron chi connectivity index (χ0n) is 14.3. The van der Waals surface area contributed by atoms with Gasteiger partial charge < -0.3 is 0 Å². The van der Waals surface area contributed by atoms with Crippen molar-refractivity contribution in [3.05, 3.63) is 44.8 Å². The normalized spacial score (nSPS) is 22.0. The lowest BCUT2D eigenvalue weighted by atomic mass is 10.1. The molecule has 0 bridgehead atoms. The van der Waals surface area contributed by atoms with Crippen LogP contribution in [0.25, 0.3) is 0 Å². The lowest BCUT2D eigenvalue weighted by Gasteiger charge is -2.25. The number of thiophene rings is 2. The van der Waals surface area contributed by atoms with Gasteiger partial charge in [-0.05, 0) is 48.8 Å². The first kappa shape index (κ1) is 16.9. The van der Waals surface area contributed by atoms with Crippen LogP contribution in [0.5, 0.6) is 0 Å². The van der Waals surface area contributed by atoms with Crippen molar-refractivity contribution in [1.29, 1.82) is 0 Å². The van der Waals surface area contributed by atoms with Crippen molar-refractivity contribution in [1.82, 2.24) is 9.91 Å². The monoisotopic (exact) mass is 373 g/mol. The highest BCUT2D eigenvalue weighted by Crippen LogP contribution is 2.36. The van der Waals surface area contributed by atoms with E-state index in [0.717, 1.165) is 25.2 Å². The van der Waals surface area contributed by atoms with Crippen molar-refractivity contribution >= 4 is 34.3 Å². The van der Waals surface area contributed by atoms with Crippen LogP contribution in [0, 0.1) is 0 Å². The van der Waals surface area contributed by atoms with Gasteiger partial charge in [-0.3, -0.25) is 9.69 Å². The maximum Gasteiger partial charge on any atom is 0.257 e. The Kier molecular flexibility index (Phi) is 5.29. The summed E-state index contributed by atoms with van der Waals surface area (Å²) in [5.41, 5.74) is 1.04. The first-order valence-corrected chi connectivity index (χ1v) is 10.8. The number of nitrogens with zero attached hydrogens (tertiary/aromatic N) is 3. The van der Waals surface area contributed by atoms with E-state index in [2.05, 4.69) is 33.9 Å². The van der Waals surface area contributed by atoms with E-state index in [-0.39, 0.29) is 11.9 Å². The van der Waals surface area contributed by atoms with Crippen LogP contribution >= 0.6 is 22.7 Å². The highest BCUT2D eigenvalue weighted by Gasteiger charge is 2.34. The van der Waals surface area contributed by atoms with Crippen LogP contribution < -0.4 is 0 Å². The zero-order chi connectivity index (χ0) is 17.1. The molecule has 0 aromatic carbocycles. The third kappa shape index (κ3) is 3.86. The van der Waals surface area contributed by atoms with Gasteiger partial charge in [-0.2, -0.15) is 5.10 Å². The molecular formula is C19H23N3OS2. The lowest BCUT2D eigenvalue weighted by molar-refractivity contribution is -0.134. The van der Waals surface area contributed by atoms with Gasteiger partial charge in [0.15, 0.2) is 0 Å². The van der Waals surface area contributed by atoms with Crippen LogP contribution in [0.1, 0.15) is 47.9 Å². The number of hydrogen-bond donors (Lipinski definition) is 0. The summed E-state index contributed by atoms with van der Waals surface area (Å²) in [6.45, 7) is 2.55. The van der Waals surface area contributed by atoms with E-state index in [1.165, 1.54) is 35.4 Å². The molecule has 0 saturated carbocycles. The summed E-state index contributed by atoms with van der Waals surface area (Å²) in [4.78, 5) is 17.7. The minimum absolute atomic E-state index is 0.0524. The van der Waals surface area contributed by atoms with Gasteiger partial charge in [0, 0.05) is 11.3 Å². The van der Waals surface area contributed by atoms with Gasteiger partial charge in [-0.1, -0.05) is 25.0 Å². The van der Waals surface area contributed by atoms with Gasteiger partial charge in [0.1, 0.15) is 0 Å². The third-order valence-electron chi connectivity index (χ3n) is 4.90. The van der Waals surface area contributed by atoms with Crippen molar-refractivity contribution in [3.63, 3.8) is 0 Å². The molecule has 4 heterocycles. The van der Waals surface area contributed by atoms with E-state index in [4.69, 9.17) is 5.10 Å². The van der Waals surface area contributed by atoms with E-state index in [1.807, 2.05) is 6.07 Å². The van der Waals surface area contributed by atoms with Crippen molar-refractivity contribution < 1.29 is 4.79 Å². The molecule has 4 rings (SSSR count). The standard InChI is InChI=1S/C19H23N3OS2/c23-19(14-21-9-3-1-2-4-10-21)22-16(18-8-6-12-25-18)13-15(20-22)17-7-5-11-24-17/h5-8,11-12,16H,1-4,9-10,13-14H2. The van der Waals surface area contributed by atoms with E-state index < -0.39 is 0 Å². The van der Waals surface area contributed by atoms with Crippen LogP contribution in [0.2, 0.25) is 0 Å². The van der Waals surface area contributed by atoms with Crippen LogP contribution in [-0.2, 0) is 4.79 Å². The van der Waals surface area contributed by atoms with E-state index in [1.54, 1.807) is 27.7 Å². The van der Waals surface area contributed by atoms with Gasteiger partial charge in [-0.15, -0.1) is 22.7 Å². The summed E-state index contributed by atoms with van der Waals surface area (Å²) >= 11 is 3.41. The molecule has 6 heteroatoms. The molecule has 1 fully saturated rings. The largest absolute Gasteiger partial charge is 0.294 e. The van der Waals surface area contributed by atoms with Crippen LogP contribution in [0.4, 0.5) is 0 Å². The molecule has 2 aromatic heterocycles. The van der Waals surface area contributed by atoms with E-state index in [0.29, 0.717) is 6.54 Å². The van der Waals surface area contributed by atoms with Gasteiger partial charge in [-0.25, -0.2) is 5.01 Å². The molecule has 1 atom stereocenters. The average molecular weight is 374 g/mol. The van der Waals surface area contributed by atoms with Crippen LogP contribution in [0.15, 0.2) is 40.1 Å². The summed E-state index contributed by atoms with van der Waals surface area (Å²) < 4.78 is 0. The van der Waals surface area contributed by atoms with Gasteiger partial charge in [0.25, 0.3) is 5.91 Å². The summed E-state index contributed by atoms with van der Waals surface area (Å²) in [6, 6.07) is 8.37. The molecule has 1 saturated heterocycles. The SMILES string of the molecule is O=C(CN1CCCCCC1)N1N=C(c2cccs2)CC1c1cccs1. The number of amides is 1. The Morgan fingerprint density at radius 1 is 1.08 bits per heavy atom. The molecule has 0 N–H and O–H groups in total. The predicted octanol–water partition coefficient (Wildman–Crippen LogP) is 4.36. The maximum absolute atomic E-state index is 13.0. The number of rotatable bonds is 4. The second-order valence-corrected chi connectivity index (χ2v) is 8.61. The van der Waals surface area contributed by atoms with E-state index >= 15 is 0 Å². The smallest absolute Gasteiger partial charge is 0.257 e. The molecule has 0 aliphatic carbocycles. The molecular weight excluding hydrogens is 350 g/mol. The molecule has 0 radical (unpaired) electrons. The van der Waals surface area contributed by atoms with Crippen molar-refractivity contribution in [3.8, 4) is 0 Å². The fourth-order valence-electron chi connectivity index (χ4n) is 3.59. The van der Waals surface area contributed by atoms with Crippen molar-refractivity contribution in [2.24, 2.45) is 5.10 Å². The minimum atomic E-state index is 0.0524. The Hall–Kier alpha value is -1.50. The van der Waals surface area contributed by atoms with Gasteiger partial charge in [0.2, 0.25) is 0 Å². The minimum Gasteiger partial charge on any atom is -0.294 e. The molecule has 4 nitrogen and oxygen atoms in total. The summed E-state index contributed by atoms with van der Waals surface area (Å²) in [7, 11) is 0. The number of carbonyl (C=O) groups is 1. The summed E-state index contributed by atoms with van der Waals surface area (Å²) in [5.74, 6) is 0.131. The first-order valence-electron chi connectivity index (χ1n) is 9.00. The maximum atomic E-state index is 13.0. The highest BCUT2D eigenvalue weighted by atomic mass is 32.1. The van der Waals surface area contributed by atoms with Gasteiger partial charge in [0.05, 0.1) is 23.2 Å². The number of hydrazone groups is 1. The molecule has 2 aliphatic heterocycles. The van der Waals surface area contributed by atoms with Crippen LogP contribution in [0.3, 0.4) is 0 Å². The Balaban J connectivity index is 1.53. The average Bonchev–Trinajstić information content (AvgIpc) is 3.34. The molecule has 2 aliphatic rings. The number of likely N-dealkylation sites (tertiary alicyclic amines) is 1. The Labute approximate surface area is 156 Å². The first-order chi connectivity index (χ1) is 12.3. The van der Waals surface area contributed by atoms with Crippen molar-refractivity contribution in [2.45, 2.75) is 38.1 Å². The van der Waals surface area contributed by atoms with Gasteiger partial charge >= 0.3 is 0 Å². The molecule has 25 heavy (non-hydrogen) atoms.